The van der Waals surface area contributed by atoms with Crippen LogP contribution in [0.2, 0.25) is 0 Å². The van der Waals surface area contributed by atoms with Crippen LogP contribution in [0.3, 0.4) is 0 Å². The first kappa shape index (κ1) is 13.5. The molecule has 1 aliphatic rings. The predicted octanol–water partition coefficient (Wildman–Crippen LogP) is 4.52. The summed E-state index contributed by atoms with van der Waals surface area (Å²) in [6, 6.07) is 17.4. The van der Waals surface area contributed by atoms with Crippen LogP contribution in [-0.4, -0.2) is 13.1 Å². The van der Waals surface area contributed by atoms with Gasteiger partial charge in [0.1, 0.15) is 0 Å². The van der Waals surface area contributed by atoms with E-state index in [4.69, 9.17) is 0 Å². The van der Waals surface area contributed by atoms with Crippen molar-refractivity contribution in [3.8, 4) is 0 Å². The minimum atomic E-state index is 0.985. The molecule has 0 radical (unpaired) electrons. The first-order chi connectivity index (χ1) is 9.83. The molecular formula is C18H19NS. The van der Waals surface area contributed by atoms with Crippen molar-refractivity contribution in [2.75, 3.05) is 13.1 Å². The second kappa shape index (κ2) is 6.29. The molecular weight excluding hydrogens is 262 g/mol. The second-order valence-electron chi connectivity index (χ2n) is 5.10. The van der Waals surface area contributed by atoms with Gasteiger partial charge >= 0.3 is 0 Å². The monoisotopic (exact) mass is 281 g/mol. The van der Waals surface area contributed by atoms with Crippen molar-refractivity contribution in [3.63, 3.8) is 0 Å². The van der Waals surface area contributed by atoms with Gasteiger partial charge in [-0.2, -0.15) is 0 Å². The fraction of sp³-hybridized carbons (Fsp3) is 0.222. The molecule has 0 amide bonds. The molecule has 0 spiro atoms. The van der Waals surface area contributed by atoms with E-state index >= 15 is 0 Å². The van der Waals surface area contributed by atoms with Crippen LogP contribution in [0.5, 0.6) is 0 Å². The van der Waals surface area contributed by atoms with Crippen LogP contribution < -0.4 is 5.32 Å². The quantitative estimate of drug-likeness (QED) is 0.887. The summed E-state index contributed by atoms with van der Waals surface area (Å²) in [5.74, 6) is 0. The highest BCUT2D eigenvalue weighted by Crippen LogP contribution is 2.35. The van der Waals surface area contributed by atoms with E-state index in [2.05, 4.69) is 66.8 Å². The Morgan fingerprint density at radius 3 is 2.75 bits per heavy atom. The Kier molecular flexibility index (Phi) is 4.24. The molecule has 0 fully saturated rings. The zero-order valence-corrected chi connectivity index (χ0v) is 12.5. The molecule has 0 atom stereocenters. The third-order valence-corrected chi connectivity index (χ3v) is 4.58. The number of hydrogen-bond donors (Lipinski definition) is 1. The lowest BCUT2D eigenvalue weighted by atomic mass is 10.0. The fourth-order valence-corrected chi connectivity index (χ4v) is 3.59. The van der Waals surface area contributed by atoms with E-state index in [1.54, 1.807) is 0 Å². The lowest BCUT2D eigenvalue weighted by molar-refractivity contribution is 0.737. The van der Waals surface area contributed by atoms with Gasteiger partial charge in [0, 0.05) is 16.3 Å². The lowest BCUT2D eigenvalue weighted by Crippen LogP contribution is -2.20. The Morgan fingerprint density at radius 1 is 1.05 bits per heavy atom. The summed E-state index contributed by atoms with van der Waals surface area (Å²) in [6.07, 6.45) is 3.44. The van der Waals surface area contributed by atoms with E-state index in [1.165, 1.54) is 26.5 Å². The highest BCUT2D eigenvalue weighted by Gasteiger charge is 2.10. The average molecular weight is 281 g/mol. The average Bonchev–Trinajstić information content (AvgIpc) is 2.49. The van der Waals surface area contributed by atoms with Gasteiger partial charge in [0.05, 0.1) is 0 Å². The molecule has 0 aliphatic carbocycles. The Morgan fingerprint density at radius 2 is 1.95 bits per heavy atom. The van der Waals surface area contributed by atoms with Crippen molar-refractivity contribution in [2.24, 2.45) is 0 Å². The zero-order valence-electron chi connectivity index (χ0n) is 11.7. The highest BCUT2D eigenvalue weighted by atomic mass is 32.2. The minimum absolute atomic E-state index is 0.985. The first-order valence-corrected chi connectivity index (χ1v) is 7.88. The van der Waals surface area contributed by atoms with E-state index in [1.807, 2.05) is 11.8 Å². The summed E-state index contributed by atoms with van der Waals surface area (Å²) in [6.45, 7) is 4.21. The van der Waals surface area contributed by atoms with Crippen LogP contribution in [0.15, 0.2) is 64.4 Å². The molecule has 1 heterocycles. The largest absolute Gasteiger partial charge is 0.313 e. The van der Waals surface area contributed by atoms with Crippen molar-refractivity contribution in [3.05, 3.63) is 65.7 Å². The Labute approximate surface area is 125 Å². The number of rotatable bonds is 3. The van der Waals surface area contributed by atoms with Gasteiger partial charge in [0.2, 0.25) is 0 Å². The van der Waals surface area contributed by atoms with E-state index < -0.39 is 0 Å². The summed E-state index contributed by atoms with van der Waals surface area (Å²) in [7, 11) is 0. The highest BCUT2D eigenvalue weighted by molar-refractivity contribution is 7.99. The molecule has 1 aliphatic heterocycles. The standard InChI is InChI=1S/C18H19NS/c1-14-5-4-6-16(13-14)20-18-8-3-2-7-17(18)15-9-11-19-12-10-15/h2-9,13,19H,10-12H2,1H3. The third-order valence-electron chi connectivity index (χ3n) is 3.51. The van der Waals surface area contributed by atoms with Gasteiger partial charge in [-0.1, -0.05) is 53.7 Å². The zero-order chi connectivity index (χ0) is 13.8. The lowest BCUT2D eigenvalue weighted by Gasteiger charge is -2.17. The molecule has 0 saturated carbocycles. The molecule has 2 aromatic carbocycles. The maximum Gasteiger partial charge on any atom is 0.0197 e. The van der Waals surface area contributed by atoms with Gasteiger partial charge in [-0.3, -0.25) is 0 Å². The van der Waals surface area contributed by atoms with Crippen LogP contribution in [0.4, 0.5) is 0 Å². The summed E-state index contributed by atoms with van der Waals surface area (Å²) in [5, 5.41) is 3.38. The van der Waals surface area contributed by atoms with Crippen molar-refractivity contribution < 1.29 is 0 Å². The third kappa shape index (κ3) is 3.14. The molecule has 0 aromatic heterocycles. The van der Waals surface area contributed by atoms with Crippen LogP contribution in [-0.2, 0) is 0 Å². The second-order valence-corrected chi connectivity index (χ2v) is 6.21. The smallest absolute Gasteiger partial charge is 0.0197 e. The first-order valence-electron chi connectivity index (χ1n) is 7.06. The van der Waals surface area contributed by atoms with Gasteiger partial charge in [0.25, 0.3) is 0 Å². The minimum Gasteiger partial charge on any atom is -0.313 e. The summed E-state index contributed by atoms with van der Waals surface area (Å²) in [4.78, 5) is 2.67. The predicted molar refractivity (Wildman–Crippen MR) is 87.2 cm³/mol. The Bertz CT molecular complexity index is 631. The maximum absolute atomic E-state index is 3.38. The van der Waals surface area contributed by atoms with Gasteiger partial charge in [0.15, 0.2) is 0 Å². The Balaban J connectivity index is 1.92. The van der Waals surface area contributed by atoms with E-state index in [0.717, 1.165) is 19.5 Å². The fourth-order valence-electron chi connectivity index (χ4n) is 2.49. The normalized spacial score (nSPS) is 14.9. The van der Waals surface area contributed by atoms with Crippen LogP contribution in [0.25, 0.3) is 5.57 Å². The molecule has 102 valence electrons. The van der Waals surface area contributed by atoms with E-state index in [-0.39, 0.29) is 0 Å². The van der Waals surface area contributed by atoms with Crippen molar-refractivity contribution in [1.29, 1.82) is 0 Å². The SMILES string of the molecule is Cc1cccc(Sc2ccccc2C2=CCNCC2)c1. The molecule has 0 bridgehead atoms. The molecule has 2 heteroatoms. The summed E-state index contributed by atoms with van der Waals surface area (Å²) in [5.41, 5.74) is 4.17. The van der Waals surface area contributed by atoms with Gasteiger partial charge in [-0.05, 0) is 49.2 Å². The molecule has 1 nitrogen and oxygen atoms in total. The van der Waals surface area contributed by atoms with E-state index in [9.17, 15) is 0 Å². The van der Waals surface area contributed by atoms with Crippen LogP contribution in [0, 0.1) is 6.92 Å². The molecule has 0 saturated heterocycles. The number of benzene rings is 2. The molecule has 0 unspecified atom stereocenters. The summed E-state index contributed by atoms with van der Waals surface area (Å²) < 4.78 is 0. The van der Waals surface area contributed by atoms with E-state index in [0.29, 0.717) is 0 Å². The van der Waals surface area contributed by atoms with Gasteiger partial charge in [-0.15, -0.1) is 0 Å². The Hall–Kier alpha value is -1.51. The topological polar surface area (TPSA) is 12.0 Å². The maximum atomic E-state index is 3.38. The molecule has 3 rings (SSSR count). The number of nitrogens with one attached hydrogen (secondary N) is 1. The van der Waals surface area contributed by atoms with Crippen molar-refractivity contribution in [1.82, 2.24) is 5.32 Å². The number of aryl methyl sites for hydroxylation is 1. The molecule has 20 heavy (non-hydrogen) atoms. The number of hydrogen-bond acceptors (Lipinski definition) is 2. The molecule has 2 aromatic rings. The van der Waals surface area contributed by atoms with Crippen LogP contribution in [0.1, 0.15) is 17.5 Å². The van der Waals surface area contributed by atoms with Gasteiger partial charge < -0.3 is 5.32 Å². The van der Waals surface area contributed by atoms with Gasteiger partial charge in [-0.25, -0.2) is 0 Å². The van der Waals surface area contributed by atoms with Crippen LogP contribution >= 0.6 is 11.8 Å². The summed E-state index contributed by atoms with van der Waals surface area (Å²) >= 11 is 1.86. The molecule has 1 N–H and O–H groups in total. The van der Waals surface area contributed by atoms with Crippen molar-refractivity contribution >= 4 is 17.3 Å². The van der Waals surface area contributed by atoms with Crippen molar-refractivity contribution in [2.45, 2.75) is 23.1 Å².